The number of H-pyrrole nitrogens is 1. The molecule has 0 radical (unpaired) electrons. The fraction of sp³-hybridized carbons (Fsp3) is 0.167. The van der Waals surface area contributed by atoms with Gasteiger partial charge in [-0.3, -0.25) is 0 Å². The van der Waals surface area contributed by atoms with Gasteiger partial charge in [0.25, 0.3) is 0 Å². The number of hydrogen-bond acceptors (Lipinski definition) is 3. The molecule has 0 unspecified atom stereocenters. The van der Waals surface area contributed by atoms with E-state index in [1.54, 1.807) is 22.1 Å². The Hall–Kier alpha value is -1.60. The van der Waals surface area contributed by atoms with E-state index >= 15 is 0 Å². The molecule has 0 bridgehead atoms. The highest BCUT2D eigenvalue weighted by Gasteiger charge is 2.11. The summed E-state index contributed by atoms with van der Waals surface area (Å²) in [6.45, 7) is 0.537. The summed E-state index contributed by atoms with van der Waals surface area (Å²) in [5, 5.41) is 2.86. The van der Waals surface area contributed by atoms with Gasteiger partial charge < -0.3 is 9.55 Å². The first-order chi connectivity index (χ1) is 9.15. The van der Waals surface area contributed by atoms with Gasteiger partial charge in [0.1, 0.15) is 11.3 Å². The van der Waals surface area contributed by atoms with Crippen LogP contribution in [0.2, 0.25) is 0 Å². The van der Waals surface area contributed by atoms with Crippen molar-refractivity contribution in [1.29, 1.82) is 0 Å². The Kier molecular flexibility index (Phi) is 3.16. The van der Waals surface area contributed by atoms with Crippen LogP contribution in [0, 0.1) is 16.4 Å². The molecule has 3 nitrogen and oxygen atoms in total. The Bertz CT molecular complexity index is 774. The maximum atomic E-state index is 13.6. The normalized spacial score (nSPS) is 11.3. The third-order valence-corrected chi connectivity index (χ3v) is 4.00. The van der Waals surface area contributed by atoms with Crippen molar-refractivity contribution in [3.8, 4) is 0 Å². The molecule has 0 aliphatic carbocycles. The Labute approximate surface area is 116 Å². The van der Waals surface area contributed by atoms with Crippen molar-refractivity contribution in [2.24, 2.45) is 0 Å². The van der Waals surface area contributed by atoms with Gasteiger partial charge in [-0.15, -0.1) is 11.3 Å². The van der Waals surface area contributed by atoms with Gasteiger partial charge in [0.05, 0.1) is 10.5 Å². The highest BCUT2D eigenvalue weighted by Crippen LogP contribution is 2.20. The number of aromatic nitrogens is 3. The summed E-state index contributed by atoms with van der Waals surface area (Å²) in [7, 11) is 0. The number of halogens is 2. The number of nitrogens with zero attached hydrogens (tertiary/aromatic N) is 2. The minimum atomic E-state index is -0.630. The molecule has 0 saturated carbocycles. The fourth-order valence-corrected chi connectivity index (χ4v) is 2.89. The SMILES string of the molecule is Fc1cc(F)c2[nH]c(=S)n(CCc3nccs3)c2c1. The number of nitrogens with one attached hydrogen (secondary N) is 1. The largest absolute Gasteiger partial charge is 0.328 e. The minimum absolute atomic E-state index is 0.241. The van der Waals surface area contributed by atoms with Gasteiger partial charge in [-0.05, 0) is 18.3 Å². The number of hydrogen-bond donors (Lipinski definition) is 1. The fourth-order valence-electron chi connectivity index (χ4n) is 1.99. The van der Waals surface area contributed by atoms with Gasteiger partial charge in [0, 0.05) is 30.6 Å². The number of fused-ring (bicyclic) bond motifs is 1. The Morgan fingerprint density at radius 2 is 2.21 bits per heavy atom. The number of imidazole rings is 1. The zero-order chi connectivity index (χ0) is 13.4. The second-order valence-electron chi connectivity index (χ2n) is 4.04. The average Bonchev–Trinajstić information content (AvgIpc) is 2.95. The van der Waals surface area contributed by atoms with Gasteiger partial charge in [-0.2, -0.15) is 0 Å². The molecule has 0 saturated heterocycles. The maximum absolute atomic E-state index is 13.6. The lowest BCUT2D eigenvalue weighted by molar-refractivity contribution is 0.589. The van der Waals surface area contributed by atoms with E-state index in [0.29, 0.717) is 23.3 Å². The second-order valence-corrected chi connectivity index (χ2v) is 5.41. The molecule has 19 heavy (non-hydrogen) atoms. The summed E-state index contributed by atoms with van der Waals surface area (Å²) < 4.78 is 29.0. The number of thiazole rings is 1. The van der Waals surface area contributed by atoms with E-state index in [9.17, 15) is 8.78 Å². The van der Waals surface area contributed by atoms with Crippen molar-refractivity contribution in [1.82, 2.24) is 14.5 Å². The van der Waals surface area contributed by atoms with Crippen molar-refractivity contribution in [2.45, 2.75) is 13.0 Å². The van der Waals surface area contributed by atoms with Crippen molar-refractivity contribution in [3.05, 3.63) is 45.1 Å². The topological polar surface area (TPSA) is 33.6 Å². The van der Waals surface area contributed by atoms with Crippen LogP contribution in [0.5, 0.6) is 0 Å². The van der Waals surface area contributed by atoms with E-state index in [0.717, 1.165) is 11.1 Å². The third kappa shape index (κ3) is 2.31. The molecule has 3 rings (SSSR count). The lowest BCUT2D eigenvalue weighted by atomic mass is 10.3. The van der Waals surface area contributed by atoms with Crippen LogP contribution >= 0.6 is 23.6 Å². The molecular formula is C12H9F2N3S2. The number of rotatable bonds is 3. The molecule has 2 aromatic heterocycles. The lowest BCUT2D eigenvalue weighted by Crippen LogP contribution is -2.01. The highest BCUT2D eigenvalue weighted by atomic mass is 32.1. The third-order valence-electron chi connectivity index (χ3n) is 2.83. The molecule has 0 amide bonds. The average molecular weight is 297 g/mol. The molecule has 0 spiro atoms. The van der Waals surface area contributed by atoms with Crippen LogP contribution in [0.25, 0.3) is 11.0 Å². The summed E-state index contributed by atoms with van der Waals surface area (Å²) in [6.07, 6.45) is 2.41. The van der Waals surface area contributed by atoms with Crippen LogP contribution in [0.3, 0.4) is 0 Å². The van der Waals surface area contributed by atoms with E-state index in [-0.39, 0.29) is 5.52 Å². The Morgan fingerprint density at radius 3 is 2.95 bits per heavy atom. The Balaban J connectivity index is 2.03. The molecule has 0 fully saturated rings. The standard InChI is InChI=1S/C12H9F2N3S2/c13-7-5-8(14)11-9(6-7)17(12(18)16-11)3-1-10-15-2-4-19-10/h2,4-6H,1,3H2,(H,16,18). The quantitative estimate of drug-likeness (QED) is 0.748. The van der Waals surface area contributed by atoms with Crippen molar-refractivity contribution in [3.63, 3.8) is 0 Å². The molecule has 2 heterocycles. The van der Waals surface area contributed by atoms with Crippen molar-refractivity contribution in [2.75, 3.05) is 0 Å². The van der Waals surface area contributed by atoms with E-state index in [1.807, 2.05) is 5.38 Å². The first-order valence-electron chi connectivity index (χ1n) is 5.61. The molecule has 0 atom stereocenters. The summed E-state index contributed by atoms with van der Waals surface area (Å²) >= 11 is 6.70. The molecular weight excluding hydrogens is 288 g/mol. The number of benzene rings is 1. The van der Waals surface area contributed by atoms with Gasteiger partial charge >= 0.3 is 0 Å². The van der Waals surface area contributed by atoms with Crippen molar-refractivity contribution >= 4 is 34.6 Å². The van der Waals surface area contributed by atoms with Crippen LogP contribution in [-0.4, -0.2) is 14.5 Å². The van der Waals surface area contributed by atoms with Crippen LogP contribution in [0.4, 0.5) is 8.78 Å². The first-order valence-corrected chi connectivity index (χ1v) is 6.90. The lowest BCUT2D eigenvalue weighted by Gasteiger charge is -2.03. The molecule has 1 N–H and O–H groups in total. The molecule has 7 heteroatoms. The summed E-state index contributed by atoms with van der Waals surface area (Å²) in [6, 6.07) is 2.13. The van der Waals surface area contributed by atoms with E-state index in [1.165, 1.54) is 6.07 Å². The van der Waals surface area contributed by atoms with Crippen LogP contribution in [-0.2, 0) is 13.0 Å². The van der Waals surface area contributed by atoms with E-state index < -0.39 is 11.6 Å². The monoisotopic (exact) mass is 297 g/mol. The molecule has 0 aliphatic heterocycles. The van der Waals surface area contributed by atoms with Gasteiger partial charge in [0.2, 0.25) is 0 Å². The van der Waals surface area contributed by atoms with Crippen LogP contribution in [0.15, 0.2) is 23.7 Å². The highest BCUT2D eigenvalue weighted by molar-refractivity contribution is 7.71. The molecule has 98 valence electrons. The van der Waals surface area contributed by atoms with Gasteiger partial charge in [-0.1, -0.05) is 0 Å². The zero-order valence-corrected chi connectivity index (χ0v) is 11.3. The van der Waals surface area contributed by atoms with Crippen LogP contribution < -0.4 is 0 Å². The predicted molar refractivity (Wildman–Crippen MR) is 72.9 cm³/mol. The summed E-state index contributed by atoms with van der Waals surface area (Å²) in [5.41, 5.74) is 0.685. The molecule has 3 aromatic rings. The zero-order valence-electron chi connectivity index (χ0n) is 9.69. The first kappa shape index (κ1) is 12.4. The summed E-state index contributed by atoms with van der Waals surface area (Å²) in [4.78, 5) is 6.95. The van der Waals surface area contributed by atoms with Crippen LogP contribution in [0.1, 0.15) is 5.01 Å². The second kappa shape index (κ2) is 4.82. The smallest absolute Gasteiger partial charge is 0.178 e. The molecule has 0 aliphatic rings. The summed E-state index contributed by atoms with van der Waals surface area (Å²) in [5.74, 6) is -1.24. The predicted octanol–water partition coefficient (Wildman–Crippen LogP) is 3.68. The van der Waals surface area contributed by atoms with E-state index in [2.05, 4.69) is 9.97 Å². The minimum Gasteiger partial charge on any atom is -0.328 e. The van der Waals surface area contributed by atoms with Gasteiger partial charge in [-0.25, -0.2) is 13.8 Å². The van der Waals surface area contributed by atoms with Gasteiger partial charge in [0.15, 0.2) is 10.6 Å². The molecule has 1 aromatic carbocycles. The van der Waals surface area contributed by atoms with Crippen molar-refractivity contribution < 1.29 is 8.78 Å². The number of aryl methyl sites for hydroxylation is 2. The van der Waals surface area contributed by atoms with E-state index in [4.69, 9.17) is 12.2 Å². The maximum Gasteiger partial charge on any atom is 0.178 e. The number of aromatic amines is 1. The Morgan fingerprint density at radius 1 is 1.37 bits per heavy atom.